The molecule has 0 unspecified atom stereocenters. The van der Waals surface area contributed by atoms with Crippen LogP contribution >= 0.6 is 11.8 Å². The first-order valence-corrected chi connectivity index (χ1v) is 7.45. The number of hydrogen-bond acceptors (Lipinski definition) is 5. The van der Waals surface area contributed by atoms with E-state index in [-0.39, 0.29) is 0 Å². The van der Waals surface area contributed by atoms with E-state index in [1.165, 1.54) is 35.2 Å². The van der Waals surface area contributed by atoms with E-state index < -0.39 is 11.4 Å². The number of nitrogens with zero attached hydrogens (tertiary/aromatic N) is 5. The highest BCUT2D eigenvalue weighted by Crippen LogP contribution is 2.17. The summed E-state index contributed by atoms with van der Waals surface area (Å²) in [6.07, 6.45) is 3.58. The highest BCUT2D eigenvalue weighted by molar-refractivity contribution is 8.13. The van der Waals surface area contributed by atoms with Crippen molar-refractivity contribution in [3.63, 3.8) is 0 Å². The lowest BCUT2D eigenvalue weighted by Crippen LogP contribution is -2.26. The van der Waals surface area contributed by atoms with Crippen LogP contribution < -0.4 is 16.7 Å². The van der Waals surface area contributed by atoms with Crippen LogP contribution in [0.2, 0.25) is 0 Å². The predicted octanol–water partition coefficient (Wildman–Crippen LogP) is 0.296. The van der Waals surface area contributed by atoms with Crippen LogP contribution in [0, 0.1) is 11.5 Å². The summed E-state index contributed by atoms with van der Waals surface area (Å²) in [6, 6.07) is 6.67. The standard InChI is InChI=1S/C13H14N6O2S/c1-17-12(20)19(13(21)18(17)2)10-6-4-5-9(7-10)16-11(22-3)15-8-14/h4-7H,1-3H3,(H,15,16). The van der Waals surface area contributed by atoms with Crippen molar-refractivity contribution in [2.45, 2.75) is 0 Å². The molecule has 1 aromatic carbocycles. The Kier molecular flexibility index (Phi) is 4.53. The molecule has 1 N–H and O–H groups in total. The fraction of sp³-hybridized carbons (Fsp3) is 0.231. The zero-order chi connectivity index (χ0) is 16.3. The van der Waals surface area contributed by atoms with E-state index in [2.05, 4.69) is 10.3 Å². The molecule has 0 amide bonds. The van der Waals surface area contributed by atoms with E-state index in [4.69, 9.17) is 5.26 Å². The fourth-order valence-corrected chi connectivity index (χ4v) is 2.18. The maximum atomic E-state index is 12.1. The van der Waals surface area contributed by atoms with Gasteiger partial charge in [0.1, 0.15) is 0 Å². The van der Waals surface area contributed by atoms with E-state index in [1.54, 1.807) is 36.7 Å². The number of benzene rings is 1. The molecule has 0 aliphatic rings. The number of nitriles is 1. The molecule has 9 heteroatoms. The Labute approximate surface area is 130 Å². The van der Waals surface area contributed by atoms with E-state index in [0.29, 0.717) is 16.5 Å². The SMILES string of the molecule is CSC(=Nc1cccc(-n2c(=O)n(C)n(C)c2=O)c1)NC#N. The van der Waals surface area contributed by atoms with Crippen molar-refractivity contribution in [2.75, 3.05) is 6.26 Å². The lowest BCUT2D eigenvalue weighted by molar-refractivity contribution is 0.565. The molecule has 1 aromatic heterocycles. The van der Waals surface area contributed by atoms with Gasteiger partial charge in [-0.05, 0) is 24.5 Å². The first-order chi connectivity index (χ1) is 10.5. The van der Waals surface area contributed by atoms with Gasteiger partial charge in [-0.15, -0.1) is 0 Å². The Balaban J connectivity index is 2.55. The summed E-state index contributed by atoms with van der Waals surface area (Å²) in [5.41, 5.74) is 0.0787. The predicted molar refractivity (Wildman–Crippen MR) is 85.6 cm³/mol. The third-order valence-electron chi connectivity index (χ3n) is 3.06. The number of aliphatic imine (C=N–C) groups is 1. The summed E-state index contributed by atoms with van der Waals surface area (Å²) in [5, 5.41) is 11.5. The van der Waals surface area contributed by atoms with Gasteiger partial charge >= 0.3 is 11.4 Å². The average Bonchev–Trinajstić information content (AvgIpc) is 2.71. The van der Waals surface area contributed by atoms with Crippen LogP contribution in [-0.2, 0) is 14.1 Å². The number of rotatable bonds is 2. The van der Waals surface area contributed by atoms with E-state index in [0.717, 1.165) is 4.57 Å². The lowest BCUT2D eigenvalue weighted by atomic mass is 10.3. The van der Waals surface area contributed by atoms with Crippen molar-refractivity contribution in [3.05, 3.63) is 45.2 Å². The lowest BCUT2D eigenvalue weighted by Gasteiger charge is -2.03. The van der Waals surface area contributed by atoms with Gasteiger partial charge in [0.05, 0.1) is 11.4 Å². The largest absolute Gasteiger partial charge is 0.351 e. The van der Waals surface area contributed by atoms with Crippen molar-refractivity contribution in [2.24, 2.45) is 19.1 Å². The molecule has 114 valence electrons. The molecule has 0 saturated heterocycles. The first kappa shape index (κ1) is 15.7. The van der Waals surface area contributed by atoms with E-state index in [1.807, 2.05) is 0 Å². The zero-order valence-corrected chi connectivity index (χ0v) is 13.1. The molecular weight excluding hydrogens is 304 g/mol. The topological polar surface area (TPSA) is 97.1 Å². The number of hydrogen-bond donors (Lipinski definition) is 1. The van der Waals surface area contributed by atoms with Crippen LogP contribution in [0.25, 0.3) is 5.69 Å². The normalized spacial score (nSPS) is 11.3. The van der Waals surface area contributed by atoms with Crippen molar-refractivity contribution in [1.82, 2.24) is 19.2 Å². The Morgan fingerprint density at radius 3 is 2.45 bits per heavy atom. The smallest absolute Gasteiger partial charge is 0.271 e. The number of nitrogens with one attached hydrogen (secondary N) is 1. The van der Waals surface area contributed by atoms with Crippen LogP contribution in [0.3, 0.4) is 0 Å². The summed E-state index contributed by atoms with van der Waals surface area (Å²) in [5.74, 6) is 0. The third-order valence-corrected chi connectivity index (χ3v) is 3.64. The minimum atomic E-state index is -0.436. The fourth-order valence-electron chi connectivity index (χ4n) is 1.84. The monoisotopic (exact) mass is 318 g/mol. The van der Waals surface area contributed by atoms with Gasteiger partial charge in [0.2, 0.25) is 0 Å². The van der Waals surface area contributed by atoms with Gasteiger partial charge in [0, 0.05) is 14.1 Å². The minimum Gasteiger partial charge on any atom is -0.271 e. The second-order valence-corrected chi connectivity index (χ2v) is 5.12. The van der Waals surface area contributed by atoms with Gasteiger partial charge in [0.25, 0.3) is 0 Å². The summed E-state index contributed by atoms with van der Waals surface area (Å²) in [6.45, 7) is 0. The number of amidine groups is 1. The molecule has 8 nitrogen and oxygen atoms in total. The van der Waals surface area contributed by atoms with Crippen molar-refractivity contribution >= 4 is 22.6 Å². The summed E-state index contributed by atoms with van der Waals surface area (Å²) >= 11 is 1.28. The molecule has 0 spiro atoms. The maximum absolute atomic E-state index is 12.1. The van der Waals surface area contributed by atoms with Crippen LogP contribution in [-0.4, -0.2) is 25.4 Å². The first-order valence-electron chi connectivity index (χ1n) is 6.23. The van der Waals surface area contributed by atoms with Crippen LogP contribution in [0.1, 0.15) is 0 Å². The number of aromatic nitrogens is 3. The Morgan fingerprint density at radius 2 is 1.91 bits per heavy atom. The van der Waals surface area contributed by atoms with Crippen molar-refractivity contribution in [1.29, 1.82) is 5.26 Å². The van der Waals surface area contributed by atoms with Crippen molar-refractivity contribution < 1.29 is 0 Å². The van der Waals surface area contributed by atoms with Gasteiger partial charge in [-0.2, -0.15) is 5.26 Å². The second-order valence-electron chi connectivity index (χ2n) is 4.33. The molecule has 0 saturated carbocycles. The van der Waals surface area contributed by atoms with Crippen LogP contribution in [0.5, 0.6) is 0 Å². The van der Waals surface area contributed by atoms with Crippen LogP contribution in [0.4, 0.5) is 5.69 Å². The molecule has 0 aliphatic carbocycles. The summed E-state index contributed by atoms with van der Waals surface area (Å²) in [4.78, 5) is 28.5. The average molecular weight is 318 g/mol. The second kappa shape index (κ2) is 6.36. The van der Waals surface area contributed by atoms with E-state index >= 15 is 0 Å². The van der Waals surface area contributed by atoms with Gasteiger partial charge in [-0.3, -0.25) is 5.32 Å². The Morgan fingerprint density at radius 1 is 1.27 bits per heavy atom. The minimum absolute atomic E-state index is 0.421. The highest BCUT2D eigenvalue weighted by atomic mass is 32.2. The molecule has 2 aromatic rings. The van der Waals surface area contributed by atoms with Gasteiger partial charge in [0.15, 0.2) is 11.4 Å². The zero-order valence-electron chi connectivity index (χ0n) is 12.3. The van der Waals surface area contributed by atoms with Gasteiger partial charge in [-0.1, -0.05) is 17.8 Å². The molecule has 22 heavy (non-hydrogen) atoms. The molecule has 0 aliphatic heterocycles. The molecule has 0 bridgehead atoms. The van der Waals surface area contributed by atoms with Gasteiger partial charge < -0.3 is 0 Å². The molecular formula is C13H14N6O2S. The third kappa shape index (κ3) is 2.82. The molecule has 0 radical (unpaired) electrons. The molecule has 1 heterocycles. The Bertz CT molecular complexity index is 850. The summed E-state index contributed by atoms with van der Waals surface area (Å²) in [7, 11) is 3.04. The van der Waals surface area contributed by atoms with E-state index in [9.17, 15) is 9.59 Å². The summed E-state index contributed by atoms with van der Waals surface area (Å²) < 4.78 is 3.52. The number of thioether (sulfide) groups is 1. The molecule has 2 rings (SSSR count). The highest BCUT2D eigenvalue weighted by Gasteiger charge is 2.12. The molecule has 0 fully saturated rings. The van der Waals surface area contributed by atoms with Crippen LogP contribution in [0.15, 0.2) is 38.8 Å². The Hall–Kier alpha value is -2.73. The quantitative estimate of drug-likeness (QED) is 0.372. The van der Waals surface area contributed by atoms with Crippen molar-refractivity contribution in [3.8, 4) is 11.9 Å². The molecule has 0 atom stereocenters. The van der Waals surface area contributed by atoms with Gasteiger partial charge in [-0.25, -0.2) is 28.5 Å². The maximum Gasteiger partial charge on any atom is 0.351 e.